The smallest absolute Gasteiger partial charge is 0.255 e. The highest BCUT2D eigenvalue weighted by Gasteiger charge is 2.13. The summed E-state index contributed by atoms with van der Waals surface area (Å²) >= 11 is 6.15. The molecule has 0 aliphatic heterocycles. The molecule has 0 saturated heterocycles. The van der Waals surface area contributed by atoms with Gasteiger partial charge in [-0.25, -0.2) is 0 Å². The normalized spacial score (nSPS) is 10.8. The number of hydrogen-bond acceptors (Lipinski definition) is 2. The fourth-order valence-corrected chi connectivity index (χ4v) is 3.20. The average molecular weight is 394 g/mol. The van der Waals surface area contributed by atoms with Crippen LogP contribution in [0.4, 0.5) is 5.69 Å². The SMILES string of the molecule is Cc1cccc(C(C)C)c1NC(=O)c1ccc(OCc2ccccc2Cl)cc1. The Morgan fingerprint density at radius 2 is 1.71 bits per heavy atom. The summed E-state index contributed by atoms with van der Waals surface area (Å²) in [4.78, 5) is 12.7. The van der Waals surface area contributed by atoms with E-state index in [1.807, 2.05) is 43.3 Å². The van der Waals surface area contributed by atoms with Crippen molar-refractivity contribution in [2.45, 2.75) is 33.3 Å². The van der Waals surface area contributed by atoms with Crippen molar-refractivity contribution in [1.29, 1.82) is 0 Å². The van der Waals surface area contributed by atoms with Crippen molar-refractivity contribution in [3.05, 3.63) is 94.0 Å². The van der Waals surface area contributed by atoms with Gasteiger partial charge in [0.1, 0.15) is 12.4 Å². The third-order valence-corrected chi connectivity index (χ3v) is 5.00. The summed E-state index contributed by atoms with van der Waals surface area (Å²) in [7, 11) is 0. The molecule has 0 unspecified atom stereocenters. The Morgan fingerprint density at radius 3 is 2.39 bits per heavy atom. The van der Waals surface area contributed by atoms with E-state index >= 15 is 0 Å². The summed E-state index contributed by atoms with van der Waals surface area (Å²) < 4.78 is 5.78. The number of para-hydroxylation sites is 1. The van der Waals surface area contributed by atoms with Gasteiger partial charge in [-0.05, 0) is 54.3 Å². The molecule has 0 bridgehead atoms. The summed E-state index contributed by atoms with van der Waals surface area (Å²) in [6.07, 6.45) is 0. The van der Waals surface area contributed by atoms with Gasteiger partial charge >= 0.3 is 0 Å². The maximum atomic E-state index is 12.7. The van der Waals surface area contributed by atoms with E-state index in [9.17, 15) is 4.79 Å². The van der Waals surface area contributed by atoms with Crippen molar-refractivity contribution in [1.82, 2.24) is 0 Å². The van der Waals surface area contributed by atoms with Crippen molar-refractivity contribution >= 4 is 23.2 Å². The number of ether oxygens (including phenoxy) is 1. The lowest BCUT2D eigenvalue weighted by Crippen LogP contribution is -2.14. The van der Waals surface area contributed by atoms with Crippen molar-refractivity contribution in [3.8, 4) is 5.75 Å². The minimum Gasteiger partial charge on any atom is -0.489 e. The molecule has 3 aromatic carbocycles. The number of halogens is 1. The molecule has 0 saturated carbocycles. The van der Waals surface area contributed by atoms with Gasteiger partial charge in [0.15, 0.2) is 0 Å². The van der Waals surface area contributed by atoms with E-state index in [2.05, 4.69) is 25.2 Å². The third-order valence-electron chi connectivity index (χ3n) is 4.63. The first-order valence-electron chi connectivity index (χ1n) is 9.33. The van der Waals surface area contributed by atoms with Crippen LogP contribution in [0.2, 0.25) is 5.02 Å². The molecule has 0 aromatic heterocycles. The number of amides is 1. The molecule has 0 spiro atoms. The molecule has 1 N–H and O–H groups in total. The Labute approximate surface area is 171 Å². The topological polar surface area (TPSA) is 38.3 Å². The van der Waals surface area contributed by atoms with E-state index < -0.39 is 0 Å². The maximum Gasteiger partial charge on any atom is 0.255 e. The minimum absolute atomic E-state index is 0.131. The van der Waals surface area contributed by atoms with Crippen LogP contribution < -0.4 is 10.1 Å². The van der Waals surface area contributed by atoms with Crippen LogP contribution in [0.5, 0.6) is 5.75 Å². The van der Waals surface area contributed by atoms with Crippen molar-refractivity contribution in [2.75, 3.05) is 5.32 Å². The zero-order valence-electron chi connectivity index (χ0n) is 16.3. The van der Waals surface area contributed by atoms with E-state index in [1.165, 1.54) is 0 Å². The number of benzene rings is 3. The highest BCUT2D eigenvalue weighted by Crippen LogP contribution is 2.28. The van der Waals surface area contributed by atoms with Gasteiger partial charge in [0.25, 0.3) is 5.91 Å². The van der Waals surface area contributed by atoms with E-state index in [0.717, 1.165) is 22.4 Å². The van der Waals surface area contributed by atoms with E-state index in [0.29, 0.717) is 28.9 Å². The molecule has 3 aromatic rings. The van der Waals surface area contributed by atoms with Gasteiger partial charge < -0.3 is 10.1 Å². The number of carbonyl (C=O) groups excluding carboxylic acids is 1. The second-order valence-electron chi connectivity index (χ2n) is 7.05. The first-order valence-corrected chi connectivity index (χ1v) is 9.70. The van der Waals surface area contributed by atoms with Crippen molar-refractivity contribution in [3.63, 3.8) is 0 Å². The molecule has 0 atom stereocenters. The molecule has 0 fully saturated rings. The van der Waals surface area contributed by atoms with Gasteiger partial charge in [-0.2, -0.15) is 0 Å². The summed E-state index contributed by atoms with van der Waals surface area (Å²) in [5.41, 5.74) is 4.59. The van der Waals surface area contributed by atoms with Gasteiger partial charge in [0.05, 0.1) is 0 Å². The first-order chi connectivity index (χ1) is 13.5. The molecule has 4 heteroatoms. The largest absolute Gasteiger partial charge is 0.489 e. The van der Waals surface area contributed by atoms with Crippen LogP contribution in [0.25, 0.3) is 0 Å². The first kappa shape index (κ1) is 20.0. The molecule has 28 heavy (non-hydrogen) atoms. The Bertz CT molecular complexity index is 965. The number of hydrogen-bond donors (Lipinski definition) is 1. The Balaban J connectivity index is 1.68. The highest BCUT2D eigenvalue weighted by molar-refractivity contribution is 6.31. The summed E-state index contributed by atoms with van der Waals surface area (Å²) in [6, 6.07) is 20.8. The van der Waals surface area contributed by atoms with Crippen LogP contribution in [-0.2, 0) is 6.61 Å². The van der Waals surface area contributed by atoms with Crippen LogP contribution in [-0.4, -0.2) is 5.91 Å². The Morgan fingerprint density at radius 1 is 1.00 bits per heavy atom. The molecule has 0 radical (unpaired) electrons. The van der Waals surface area contributed by atoms with Crippen LogP contribution in [0, 0.1) is 6.92 Å². The Hall–Kier alpha value is -2.78. The summed E-state index contributed by atoms with van der Waals surface area (Å²) in [6.45, 7) is 6.63. The van der Waals surface area contributed by atoms with Crippen molar-refractivity contribution in [2.24, 2.45) is 0 Å². The number of carbonyl (C=O) groups is 1. The second kappa shape index (κ2) is 8.94. The lowest BCUT2D eigenvalue weighted by molar-refractivity contribution is 0.102. The number of rotatable bonds is 6. The third kappa shape index (κ3) is 4.73. The lowest BCUT2D eigenvalue weighted by Gasteiger charge is -2.16. The van der Waals surface area contributed by atoms with Gasteiger partial charge in [-0.1, -0.05) is 61.8 Å². The fraction of sp³-hybridized carbons (Fsp3) is 0.208. The van der Waals surface area contributed by atoms with Gasteiger partial charge in [0, 0.05) is 21.8 Å². The quantitative estimate of drug-likeness (QED) is 0.512. The van der Waals surface area contributed by atoms with Crippen molar-refractivity contribution < 1.29 is 9.53 Å². The standard InChI is InChI=1S/C24H24ClNO2/c1-16(2)21-9-6-7-17(3)23(21)26-24(27)18-11-13-20(14-12-18)28-15-19-8-4-5-10-22(19)25/h4-14,16H,15H2,1-3H3,(H,26,27). The molecular weight excluding hydrogens is 370 g/mol. The fourth-order valence-electron chi connectivity index (χ4n) is 3.01. The Kier molecular flexibility index (Phi) is 6.37. The molecule has 0 heterocycles. The predicted molar refractivity (Wildman–Crippen MR) is 115 cm³/mol. The van der Waals surface area contributed by atoms with E-state index in [4.69, 9.17) is 16.3 Å². The average Bonchev–Trinajstić information content (AvgIpc) is 2.69. The summed E-state index contributed by atoms with van der Waals surface area (Å²) in [5.74, 6) is 0.889. The van der Waals surface area contributed by atoms with E-state index in [-0.39, 0.29) is 5.91 Å². The van der Waals surface area contributed by atoms with Gasteiger partial charge in [-0.3, -0.25) is 4.79 Å². The summed E-state index contributed by atoms with van der Waals surface area (Å²) in [5, 5.41) is 3.74. The molecule has 3 rings (SSSR count). The molecule has 3 nitrogen and oxygen atoms in total. The molecule has 1 amide bonds. The zero-order valence-corrected chi connectivity index (χ0v) is 17.1. The second-order valence-corrected chi connectivity index (χ2v) is 7.46. The monoisotopic (exact) mass is 393 g/mol. The van der Waals surface area contributed by atoms with Crippen LogP contribution in [0.3, 0.4) is 0 Å². The predicted octanol–water partition coefficient (Wildman–Crippen LogP) is 6.60. The molecular formula is C24H24ClNO2. The van der Waals surface area contributed by atoms with E-state index in [1.54, 1.807) is 24.3 Å². The minimum atomic E-state index is -0.131. The lowest BCUT2D eigenvalue weighted by atomic mass is 9.98. The number of anilines is 1. The molecule has 0 aliphatic rings. The maximum absolute atomic E-state index is 12.7. The molecule has 0 aliphatic carbocycles. The highest BCUT2D eigenvalue weighted by atomic mass is 35.5. The van der Waals surface area contributed by atoms with Gasteiger partial charge in [0.2, 0.25) is 0 Å². The number of nitrogens with one attached hydrogen (secondary N) is 1. The zero-order chi connectivity index (χ0) is 20.1. The van der Waals surface area contributed by atoms with Crippen LogP contribution in [0.1, 0.15) is 46.8 Å². The van der Waals surface area contributed by atoms with Gasteiger partial charge in [-0.15, -0.1) is 0 Å². The number of aryl methyl sites for hydroxylation is 1. The van der Waals surface area contributed by atoms with Crippen LogP contribution in [0.15, 0.2) is 66.7 Å². The molecule has 144 valence electrons. The van der Waals surface area contributed by atoms with Crippen LogP contribution >= 0.6 is 11.6 Å².